The van der Waals surface area contributed by atoms with Crippen molar-refractivity contribution in [2.24, 2.45) is 0 Å². The highest BCUT2D eigenvalue weighted by molar-refractivity contribution is 5.86. The monoisotopic (exact) mass is 310 g/mol. The highest BCUT2D eigenvalue weighted by atomic mass is 16.6. The molecule has 0 aromatic heterocycles. The SMILES string of the molecule is C[C@@H]1C[C@H](OC(=O)C(c2ccccc2)c2ccccc2)C(=O)O1. The Morgan fingerprint density at radius 3 is 2.00 bits per heavy atom. The molecule has 1 fully saturated rings. The van der Waals surface area contributed by atoms with E-state index < -0.39 is 24.0 Å². The Labute approximate surface area is 135 Å². The molecular formula is C19H18O4. The average Bonchev–Trinajstić information content (AvgIpc) is 2.87. The molecule has 118 valence electrons. The highest BCUT2D eigenvalue weighted by Crippen LogP contribution is 2.28. The van der Waals surface area contributed by atoms with E-state index >= 15 is 0 Å². The van der Waals surface area contributed by atoms with Crippen molar-refractivity contribution in [2.45, 2.75) is 31.5 Å². The third-order valence-corrected chi connectivity index (χ3v) is 3.89. The molecule has 23 heavy (non-hydrogen) atoms. The minimum atomic E-state index is -0.813. The molecule has 4 heteroatoms. The van der Waals surface area contributed by atoms with Crippen molar-refractivity contribution in [3.8, 4) is 0 Å². The second-order valence-electron chi connectivity index (χ2n) is 5.66. The molecule has 3 rings (SSSR count). The summed E-state index contributed by atoms with van der Waals surface area (Å²) >= 11 is 0. The summed E-state index contributed by atoms with van der Waals surface area (Å²) in [7, 11) is 0. The first-order chi connectivity index (χ1) is 11.1. The minimum Gasteiger partial charge on any atom is -0.460 e. The van der Waals surface area contributed by atoms with Crippen molar-refractivity contribution >= 4 is 11.9 Å². The lowest BCUT2D eigenvalue weighted by Gasteiger charge is -2.18. The van der Waals surface area contributed by atoms with Gasteiger partial charge in [-0.3, -0.25) is 4.79 Å². The molecule has 0 spiro atoms. The number of carbonyl (C=O) groups is 2. The maximum absolute atomic E-state index is 12.7. The maximum Gasteiger partial charge on any atom is 0.347 e. The first-order valence-electron chi connectivity index (χ1n) is 7.66. The number of benzene rings is 2. The second-order valence-corrected chi connectivity index (χ2v) is 5.66. The summed E-state index contributed by atoms with van der Waals surface area (Å²) in [6.45, 7) is 1.79. The Morgan fingerprint density at radius 1 is 1.04 bits per heavy atom. The molecule has 0 radical (unpaired) electrons. The zero-order valence-electron chi connectivity index (χ0n) is 12.8. The van der Waals surface area contributed by atoms with Gasteiger partial charge in [-0.2, -0.15) is 0 Å². The molecule has 2 aromatic rings. The lowest BCUT2D eigenvalue weighted by molar-refractivity contribution is -0.161. The van der Waals surface area contributed by atoms with Crippen LogP contribution in [0.2, 0.25) is 0 Å². The lowest BCUT2D eigenvalue weighted by Crippen LogP contribution is -2.27. The first kappa shape index (κ1) is 15.3. The van der Waals surface area contributed by atoms with Gasteiger partial charge >= 0.3 is 11.9 Å². The number of rotatable bonds is 4. The van der Waals surface area contributed by atoms with E-state index in [2.05, 4.69) is 0 Å². The molecule has 0 aliphatic carbocycles. The molecule has 4 nitrogen and oxygen atoms in total. The summed E-state index contributed by atoms with van der Waals surface area (Å²) in [6, 6.07) is 18.8. The summed E-state index contributed by atoms with van der Waals surface area (Å²) in [5.41, 5.74) is 1.67. The zero-order chi connectivity index (χ0) is 16.2. The van der Waals surface area contributed by atoms with Crippen LogP contribution >= 0.6 is 0 Å². The van der Waals surface area contributed by atoms with Gasteiger partial charge in [0.25, 0.3) is 0 Å². The summed E-state index contributed by atoms with van der Waals surface area (Å²) in [4.78, 5) is 24.4. The van der Waals surface area contributed by atoms with Crippen LogP contribution in [0.25, 0.3) is 0 Å². The van der Waals surface area contributed by atoms with Gasteiger partial charge in [-0.05, 0) is 18.1 Å². The number of ether oxygens (including phenoxy) is 2. The van der Waals surface area contributed by atoms with Gasteiger partial charge in [0, 0.05) is 6.42 Å². The van der Waals surface area contributed by atoms with Gasteiger partial charge in [-0.15, -0.1) is 0 Å². The van der Waals surface area contributed by atoms with Crippen LogP contribution in [-0.2, 0) is 19.1 Å². The van der Waals surface area contributed by atoms with Crippen LogP contribution < -0.4 is 0 Å². The van der Waals surface area contributed by atoms with Gasteiger partial charge in [0.2, 0.25) is 6.10 Å². The number of hydrogen-bond acceptors (Lipinski definition) is 4. The average molecular weight is 310 g/mol. The summed E-state index contributed by atoms with van der Waals surface area (Å²) < 4.78 is 10.5. The Kier molecular flexibility index (Phi) is 4.42. The molecule has 1 aliphatic heterocycles. The standard InChI is InChI=1S/C19H18O4/c1-13-12-16(18(20)22-13)23-19(21)17(14-8-4-2-5-9-14)15-10-6-3-7-11-15/h2-11,13,16-17H,12H2,1H3/t13-,16+/m1/s1. The van der Waals surface area contributed by atoms with E-state index in [4.69, 9.17) is 9.47 Å². The fraction of sp³-hybridized carbons (Fsp3) is 0.263. The van der Waals surface area contributed by atoms with E-state index in [0.29, 0.717) is 6.42 Å². The first-order valence-corrected chi connectivity index (χ1v) is 7.66. The summed E-state index contributed by atoms with van der Waals surface area (Å²) in [6.07, 6.45) is -0.624. The normalized spacial score (nSPS) is 20.3. The summed E-state index contributed by atoms with van der Waals surface area (Å²) in [5, 5.41) is 0. The quantitative estimate of drug-likeness (QED) is 0.814. The molecule has 0 N–H and O–H groups in total. The Bertz CT molecular complexity index is 642. The van der Waals surface area contributed by atoms with Gasteiger partial charge in [0.05, 0.1) is 0 Å². The van der Waals surface area contributed by atoms with Crippen molar-refractivity contribution in [1.82, 2.24) is 0 Å². The maximum atomic E-state index is 12.7. The lowest BCUT2D eigenvalue weighted by atomic mass is 9.91. The molecule has 0 amide bonds. The molecule has 1 aliphatic rings. The fourth-order valence-electron chi connectivity index (χ4n) is 2.78. The second kappa shape index (κ2) is 6.65. The van der Waals surface area contributed by atoms with E-state index in [0.717, 1.165) is 11.1 Å². The predicted octanol–water partition coefficient (Wildman–Crippen LogP) is 3.07. The zero-order valence-corrected chi connectivity index (χ0v) is 12.8. The van der Waals surface area contributed by atoms with Gasteiger partial charge < -0.3 is 9.47 Å². The van der Waals surface area contributed by atoms with Gasteiger partial charge in [0.15, 0.2) is 0 Å². The van der Waals surface area contributed by atoms with Crippen LogP contribution in [0.15, 0.2) is 60.7 Å². The smallest absolute Gasteiger partial charge is 0.347 e. The molecule has 0 saturated carbocycles. The van der Waals surface area contributed by atoms with Gasteiger partial charge in [0.1, 0.15) is 12.0 Å². The van der Waals surface area contributed by atoms with Crippen LogP contribution in [-0.4, -0.2) is 24.1 Å². The molecule has 2 atom stereocenters. The van der Waals surface area contributed by atoms with E-state index in [-0.39, 0.29) is 6.10 Å². The topological polar surface area (TPSA) is 52.6 Å². The third kappa shape index (κ3) is 3.42. The van der Waals surface area contributed by atoms with Crippen molar-refractivity contribution < 1.29 is 19.1 Å². The number of carbonyl (C=O) groups excluding carboxylic acids is 2. The predicted molar refractivity (Wildman–Crippen MR) is 84.8 cm³/mol. The molecule has 1 heterocycles. The largest absolute Gasteiger partial charge is 0.460 e. The van der Waals surface area contributed by atoms with Crippen LogP contribution in [0.3, 0.4) is 0 Å². The Balaban J connectivity index is 1.87. The van der Waals surface area contributed by atoms with E-state index in [1.54, 1.807) is 6.92 Å². The van der Waals surface area contributed by atoms with E-state index in [9.17, 15) is 9.59 Å². The van der Waals surface area contributed by atoms with E-state index in [1.165, 1.54) is 0 Å². The number of esters is 2. The fourth-order valence-corrected chi connectivity index (χ4v) is 2.78. The van der Waals surface area contributed by atoms with Crippen LogP contribution in [0.1, 0.15) is 30.4 Å². The van der Waals surface area contributed by atoms with Crippen molar-refractivity contribution in [3.05, 3.63) is 71.8 Å². The van der Waals surface area contributed by atoms with Crippen molar-refractivity contribution in [2.75, 3.05) is 0 Å². The Hall–Kier alpha value is -2.62. The Morgan fingerprint density at radius 2 is 1.57 bits per heavy atom. The molecular weight excluding hydrogens is 292 g/mol. The van der Waals surface area contributed by atoms with Crippen LogP contribution in [0.5, 0.6) is 0 Å². The summed E-state index contributed by atoms with van der Waals surface area (Å²) in [5.74, 6) is -1.45. The van der Waals surface area contributed by atoms with Gasteiger partial charge in [-0.25, -0.2) is 4.79 Å². The number of cyclic esters (lactones) is 1. The molecule has 0 bridgehead atoms. The molecule has 1 saturated heterocycles. The van der Waals surface area contributed by atoms with Gasteiger partial charge in [-0.1, -0.05) is 60.7 Å². The molecule has 0 unspecified atom stereocenters. The van der Waals surface area contributed by atoms with Crippen LogP contribution in [0, 0.1) is 0 Å². The third-order valence-electron chi connectivity index (χ3n) is 3.89. The molecule has 2 aromatic carbocycles. The number of hydrogen-bond donors (Lipinski definition) is 0. The van der Waals surface area contributed by atoms with E-state index in [1.807, 2.05) is 60.7 Å². The minimum absolute atomic E-state index is 0.216. The van der Waals surface area contributed by atoms with Crippen molar-refractivity contribution in [1.29, 1.82) is 0 Å². The van der Waals surface area contributed by atoms with Crippen LogP contribution in [0.4, 0.5) is 0 Å². The van der Waals surface area contributed by atoms with Crippen molar-refractivity contribution in [3.63, 3.8) is 0 Å². The highest BCUT2D eigenvalue weighted by Gasteiger charge is 2.37.